The van der Waals surface area contributed by atoms with Crippen molar-refractivity contribution < 1.29 is 19.1 Å². The van der Waals surface area contributed by atoms with E-state index in [-0.39, 0.29) is 5.57 Å². The molecule has 1 fully saturated rings. The van der Waals surface area contributed by atoms with Crippen LogP contribution in [0.25, 0.3) is 6.08 Å². The van der Waals surface area contributed by atoms with Crippen molar-refractivity contribution in [1.82, 2.24) is 5.32 Å². The van der Waals surface area contributed by atoms with Gasteiger partial charge in [0.15, 0.2) is 0 Å². The molecule has 0 unspecified atom stereocenters. The Balaban J connectivity index is 1.59. The molecule has 0 bridgehead atoms. The summed E-state index contributed by atoms with van der Waals surface area (Å²) in [6.45, 7) is 2.33. The maximum Gasteiger partial charge on any atom is 0.335 e. The molecule has 178 valence electrons. The van der Waals surface area contributed by atoms with Gasteiger partial charge in [-0.2, -0.15) is 0 Å². The van der Waals surface area contributed by atoms with Crippen molar-refractivity contribution in [2.24, 2.45) is 0 Å². The summed E-state index contributed by atoms with van der Waals surface area (Å²) >= 11 is 12.9. The van der Waals surface area contributed by atoms with Gasteiger partial charge in [0.1, 0.15) is 17.9 Å². The quantitative estimate of drug-likeness (QED) is 0.247. The fraction of sp³-hybridized carbons (Fsp3) is 0.115. The highest BCUT2D eigenvalue weighted by atomic mass is 79.9. The van der Waals surface area contributed by atoms with E-state index in [2.05, 4.69) is 37.2 Å². The van der Waals surface area contributed by atoms with Gasteiger partial charge in [-0.15, -0.1) is 0 Å². The van der Waals surface area contributed by atoms with Crippen LogP contribution in [-0.4, -0.2) is 17.8 Å². The number of carbonyl (C=O) groups excluding carboxylic acids is 3. The van der Waals surface area contributed by atoms with Crippen LogP contribution in [0.15, 0.2) is 75.2 Å². The highest BCUT2D eigenvalue weighted by Crippen LogP contribution is 2.36. The number of benzene rings is 3. The SMILES string of the molecule is CCc1ccc(N2C(=O)NC(=O)/C(=C/c3cc(Br)c(OCc4ccc(Cl)cc4)c(Br)c3)C2=O)cc1. The zero-order chi connectivity index (χ0) is 25.1. The van der Waals surface area contributed by atoms with Crippen LogP contribution >= 0.6 is 43.5 Å². The Kier molecular flexibility index (Phi) is 7.74. The van der Waals surface area contributed by atoms with E-state index in [1.165, 1.54) is 6.08 Å². The summed E-state index contributed by atoms with van der Waals surface area (Å²) in [7, 11) is 0. The number of aryl methyl sites for hydroxylation is 1. The number of anilines is 1. The third-order valence-corrected chi connectivity index (χ3v) is 6.76. The molecule has 0 aliphatic carbocycles. The highest BCUT2D eigenvalue weighted by molar-refractivity contribution is 9.11. The molecule has 3 aromatic rings. The highest BCUT2D eigenvalue weighted by Gasteiger charge is 2.36. The molecule has 9 heteroatoms. The van der Waals surface area contributed by atoms with E-state index < -0.39 is 17.8 Å². The van der Waals surface area contributed by atoms with Crippen LogP contribution in [0, 0.1) is 0 Å². The zero-order valence-corrected chi connectivity index (χ0v) is 22.4. The minimum absolute atomic E-state index is 0.155. The first-order chi connectivity index (χ1) is 16.8. The lowest BCUT2D eigenvalue weighted by Gasteiger charge is -2.26. The number of rotatable bonds is 6. The smallest absolute Gasteiger partial charge is 0.335 e. The van der Waals surface area contributed by atoms with E-state index in [1.54, 1.807) is 36.4 Å². The summed E-state index contributed by atoms with van der Waals surface area (Å²) in [4.78, 5) is 39.0. The summed E-state index contributed by atoms with van der Waals surface area (Å²) < 4.78 is 7.18. The van der Waals surface area contributed by atoms with E-state index in [9.17, 15) is 14.4 Å². The van der Waals surface area contributed by atoms with Crippen LogP contribution < -0.4 is 15.0 Å². The van der Waals surface area contributed by atoms with Crippen LogP contribution in [0.4, 0.5) is 10.5 Å². The molecule has 1 saturated heterocycles. The summed E-state index contributed by atoms with van der Waals surface area (Å²) in [5.41, 5.74) is 2.81. The van der Waals surface area contributed by atoms with Gasteiger partial charge in [-0.25, -0.2) is 9.69 Å². The van der Waals surface area contributed by atoms with Crippen molar-refractivity contribution in [2.45, 2.75) is 20.0 Å². The molecule has 6 nitrogen and oxygen atoms in total. The van der Waals surface area contributed by atoms with Crippen molar-refractivity contribution in [3.8, 4) is 5.75 Å². The number of ether oxygens (including phenoxy) is 1. The molecule has 1 aliphatic heterocycles. The molecule has 0 atom stereocenters. The van der Waals surface area contributed by atoms with Crippen molar-refractivity contribution in [2.75, 3.05) is 4.90 Å². The van der Waals surface area contributed by atoms with Crippen molar-refractivity contribution >= 4 is 73.1 Å². The predicted molar refractivity (Wildman–Crippen MR) is 142 cm³/mol. The number of halogens is 3. The number of imide groups is 2. The Morgan fingerprint density at radius 2 is 1.54 bits per heavy atom. The third-order valence-electron chi connectivity index (χ3n) is 5.33. The summed E-state index contributed by atoms with van der Waals surface area (Å²) in [6, 6.07) is 17.1. The molecule has 3 aromatic carbocycles. The molecule has 0 radical (unpaired) electrons. The summed E-state index contributed by atoms with van der Waals surface area (Å²) in [5, 5.41) is 2.89. The minimum atomic E-state index is -0.783. The van der Waals surface area contributed by atoms with Gasteiger partial charge >= 0.3 is 6.03 Å². The second kappa shape index (κ2) is 10.8. The molecule has 1 aliphatic rings. The number of urea groups is 1. The van der Waals surface area contributed by atoms with Crippen LogP contribution in [0.2, 0.25) is 5.02 Å². The van der Waals surface area contributed by atoms with Gasteiger partial charge in [0, 0.05) is 5.02 Å². The van der Waals surface area contributed by atoms with Gasteiger partial charge in [-0.05, 0) is 97.4 Å². The topological polar surface area (TPSA) is 75.7 Å². The second-order valence-electron chi connectivity index (χ2n) is 7.71. The Morgan fingerprint density at radius 3 is 2.14 bits per heavy atom. The Hall–Kier alpha value is -2.94. The normalized spacial score (nSPS) is 14.9. The fourth-order valence-electron chi connectivity index (χ4n) is 3.48. The Bertz CT molecular complexity index is 1320. The lowest BCUT2D eigenvalue weighted by atomic mass is 10.1. The average molecular weight is 619 g/mol. The Morgan fingerprint density at radius 1 is 0.943 bits per heavy atom. The van der Waals surface area contributed by atoms with Gasteiger partial charge in [-0.1, -0.05) is 42.8 Å². The molecule has 1 heterocycles. The van der Waals surface area contributed by atoms with Crippen molar-refractivity contribution in [1.29, 1.82) is 0 Å². The maximum absolute atomic E-state index is 13.1. The van der Waals surface area contributed by atoms with E-state index in [1.807, 2.05) is 31.2 Å². The molecule has 0 saturated carbocycles. The van der Waals surface area contributed by atoms with Crippen LogP contribution in [0.5, 0.6) is 5.75 Å². The van der Waals surface area contributed by atoms with Gasteiger partial charge in [-0.3, -0.25) is 14.9 Å². The third kappa shape index (κ3) is 5.66. The number of carbonyl (C=O) groups is 3. The van der Waals surface area contributed by atoms with Crippen molar-refractivity contribution in [3.05, 3.63) is 96.9 Å². The maximum atomic E-state index is 13.1. The first kappa shape index (κ1) is 25.2. The minimum Gasteiger partial charge on any atom is -0.487 e. The number of barbiturate groups is 1. The van der Waals surface area contributed by atoms with Crippen molar-refractivity contribution in [3.63, 3.8) is 0 Å². The Labute approximate surface area is 224 Å². The average Bonchev–Trinajstić information content (AvgIpc) is 2.82. The fourth-order valence-corrected chi connectivity index (χ4v) is 5.05. The summed E-state index contributed by atoms with van der Waals surface area (Å²) in [6.07, 6.45) is 2.27. The number of hydrogen-bond acceptors (Lipinski definition) is 4. The second-order valence-corrected chi connectivity index (χ2v) is 9.85. The first-order valence-electron chi connectivity index (χ1n) is 10.6. The molecule has 35 heavy (non-hydrogen) atoms. The lowest BCUT2D eigenvalue weighted by molar-refractivity contribution is -0.122. The molecular formula is C26H19Br2ClN2O4. The van der Waals surface area contributed by atoms with Crippen LogP contribution in [0.1, 0.15) is 23.6 Å². The van der Waals surface area contributed by atoms with Gasteiger partial charge in [0.25, 0.3) is 11.8 Å². The molecule has 0 spiro atoms. The molecule has 0 aromatic heterocycles. The number of nitrogens with zero attached hydrogens (tertiary/aromatic N) is 1. The van der Waals surface area contributed by atoms with E-state index in [4.69, 9.17) is 16.3 Å². The standard InChI is InChI=1S/C26H19Br2ClN2O4/c1-2-15-5-9-19(10-6-15)31-25(33)20(24(32)30-26(31)34)11-17-12-21(27)23(22(28)13-17)35-14-16-3-7-18(29)8-4-16/h3-13H,2,14H2,1H3,(H,30,32,34)/b20-11-. The lowest BCUT2D eigenvalue weighted by Crippen LogP contribution is -2.54. The number of hydrogen-bond donors (Lipinski definition) is 1. The van der Waals surface area contributed by atoms with Gasteiger partial charge in [0.2, 0.25) is 0 Å². The molecule has 4 rings (SSSR count). The van der Waals surface area contributed by atoms with Gasteiger partial charge < -0.3 is 4.74 Å². The molecule has 4 amide bonds. The van der Waals surface area contributed by atoms with E-state index in [0.717, 1.165) is 22.4 Å². The van der Waals surface area contributed by atoms with Crippen LogP contribution in [0.3, 0.4) is 0 Å². The molecular weight excluding hydrogens is 600 g/mol. The van der Waals surface area contributed by atoms with Gasteiger partial charge in [0.05, 0.1) is 14.6 Å². The monoisotopic (exact) mass is 616 g/mol. The predicted octanol–water partition coefficient (Wildman–Crippen LogP) is 6.67. The van der Waals surface area contributed by atoms with E-state index >= 15 is 0 Å². The number of nitrogens with one attached hydrogen (secondary N) is 1. The first-order valence-corrected chi connectivity index (χ1v) is 12.6. The van der Waals surface area contributed by atoms with Crippen LogP contribution in [-0.2, 0) is 22.6 Å². The number of amides is 4. The largest absolute Gasteiger partial charge is 0.487 e. The summed E-state index contributed by atoms with van der Waals surface area (Å²) in [5.74, 6) is -0.885. The molecule has 1 N–H and O–H groups in total. The van der Waals surface area contributed by atoms with E-state index in [0.29, 0.717) is 37.6 Å². The zero-order valence-electron chi connectivity index (χ0n) is 18.5.